The lowest BCUT2D eigenvalue weighted by Crippen LogP contribution is -2.51. The van der Waals surface area contributed by atoms with Crippen LogP contribution in [-0.4, -0.2) is 56.1 Å². The molecular formula is C29H37N3O5S. The second-order valence-electron chi connectivity index (χ2n) is 9.75. The van der Waals surface area contributed by atoms with E-state index in [2.05, 4.69) is 5.32 Å². The van der Waals surface area contributed by atoms with Crippen molar-refractivity contribution in [3.63, 3.8) is 0 Å². The molecule has 0 fully saturated rings. The topological polar surface area (TPSA) is 122 Å². The highest BCUT2D eigenvalue weighted by atomic mass is 32.2. The highest BCUT2D eigenvalue weighted by Crippen LogP contribution is 2.22. The van der Waals surface area contributed by atoms with Gasteiger partial charge in [-0.25, -0.2) is 8.42 Å². The fourth-order valence-corrected chi connectivity index (χ4v) is 5.83. The molecule has 0 aliphatic heterocycles. The summed E-state index contributed by atoms with van der Waals surface area (Å²) >= 11 is 0. The molecule has 4 N–H and O–H groups in total. The van der Waals surface area contributed by atoms with Gasteiger partial charge in [-0.1, -0.05) is 50.2 Å². The smallest absolute Gasteiger partial charge is 0.251 e. The number of hydrogen-bond donors (Lipinski definition) is 3. The third kappa shape index (κ3) is 7.34. The molecule has 0 aliphatic rings. The largest absolute Gasteiger partial charge is 0.497 e. The number of nitrogen functional groups attached to an aromatic ring is 1. The predicted molar refractivity (Wildman–Crippen MR) is 150 cm³/mol. The van der Waals surface area contributed by atoms with E-state index >= 15 is 0 Å². The van der Waals surface area contributed by atoms with Gasteiger partial charge in [-0.05, 0) is 66.8 Å². The number of rotatable bonds is 12. The summed E-state index contributed by atoms with van der Waals surface area (Å²) in [6, 6.07) is 19.9. The number of nitrogens with one attached hydrogen (secondary N) is 1. The molecule has 3 aromatic rings. The summed E-state index contributed by atoms with van der Waals surface area (Å²) in [6.07, 6.45) is -0.875. The molecule has 8 nitrogen and oxygen atoms in total. The van der Waals surface area contributed by atoms with Gasteiger partial charge in [-0.3, -0.25) is 4.79 Å². The highest BCUT2D eigenvalue weighted by Gasteiger charge is 2.31. The summed E-state index contributed by atoms with van der Waals surface area (Å²) in [6.45, 7) is 5.59. The third-order valence-corrected chi connectivity index (χ3v) is 8.20. The molecule has 3 aromatic carbocycles. The zero-order valence-electron chi connectivity index (χ0n) is 22.3. The maximum absolute atomic E-state index is 13.6. The van der Waals surface area contributed by atoms with Gasteiger partial charge in [0.05, 0.1) is 24.2 Å². The van der Waals surface area contributed by atoms with E-state index in [1.54, 1.807) is 37.3 Å². The van der Waals surface area contributed by atoms with Crippen molar-refractivity contribution in [1.82, 2.24) is 9.62 Å². The molecule has 3 rings (SSSR count). The predicted octanol–water partition coefficient (Wildman–Crippen LogP) is 3.63. The normalized spacial score (nSPS) is 13.3. The highest BCUT2D eigenvalue weighted by molar-refractivity contribution is 7.89. The maximum atomic E-state index is 13.6. The number of ether oxygens (including phenoxy) is 1. The van der Waals surface area contributed by atoms with Crippen LogP contribution in [0.1, 0.15) is 35.3 Å². The average molecular weight is 540 g/mol. The van der Waals surface area contributed by atoms with E-state index in [1.807, 2.05) is 44.2 Å². The fraction of sp³-hybridized carbons (Fsp3) is 0.345. The van der Waals surface area contributed by atoms with E-state index in [0.29, 0.717) is 29.0 Å². The van der Waals surface area contributed by atoms with Crippen LogP contribution in [0.15, 0.2) is 77.7 Å². The minimum Gasteiger partial charge on any atom is -0.497 e. The molecule has 0 aromatic heterocycles. The Bertz CT molecular complexity index is 1310. The number of methoxy groups -OCH3 is 1. The van der Waals surface area contributed by atoms with E-state index in [-0.39, 0.29) is 29.8 Å². The molecule has 2 atom stereocenters. The van der Waals surface area contributed by atoms with Crippen LogP contribution in [0, 0.1) is 12.8 Å². The summed E-state index contributed by atoms with van der Waals surface area (Å²) in [5.74, 6) is 0.164. The second-order valence-corrected chi connectivity index (χ2v) is 11.7. The number of aliphatic hydroxyl groups excluding tert-OH is 1. The van der Waals surface area contributed by atoms with Crippen molar-refractivity contribution in [3.8, 4) is 5.75 Å². The number of hydrogen-bond acceptors (Lipinski definition) is 6. The SMILES string of the molecule is COc1ccc(S(=O)(=O)N(CC(C)C)CC(O)C(Cc2ccccc2)NC(=O)c2cccc(N)c2C)cc1. The second kappa shape index (κ2) is 12.9. The minimum atomic E-state index is -3.93. The standard InChI is InChI=1S/C29H37N3O5S/c1-20(2)18-32(38(35,36)24-15-13-23(37-4)14-16-24)19-28(33)27(17-22-9-6-5-7-10-22)31-29(34)25-11-8-12-26(30)21(25)3/h5-16,20,27-28,33H,17-19,30H2,1-4H3,(H,31,34). The van der Waals surface area contributed by atoms with E-state index in [9.17, 15) is 18.3 Å². The molecule has 0 bridgehead atoms. The first-order valence-electron chi connectivity index (χ1n) is 12.5. The lowest BCUT2D eigenvalue weighted by Gasteiger charge is -2.31. The van der Waals surface area contributed by atoms with Crippen LogP contribution >= 0.6 is 0 Å². The van der Waals surface area contributed by atoms with Crippen LogP contribution in [0.25, 0.3) is 0 Å². The molecule has 0 heterocycles. The van der Waals surface area contributed by atoms with Gasteiger partial charge in [0.25, 0.3) is 5.91 Å². The van der Waals surface area contributed by atoms with Gasteiger partial charge in [0.15, 0.2) is 0 Å². The summed E-state index contributed by atoms with van der Waals surface area (Å²) < 4.78 is 33.6. The van der Waals surface area contributed by atoms with Crippen LogP contribution in [0.4, 0.5) is 5.69 Å². The lowest BCUT2D eigenvalue weighted by molar-refractivity contribution is 0.0775. The van der Waals surface area contributed by atoms with Gasteiger partial charge < -0.3 is 20.9 Å². The average Bonchev–Trinajstić information content (AvgIpc) is 2.89. The zero-order valence-corrected chi connectivity index (χ0v) is 23.1. The van der Waals surface area contributed by atoms with Crippen LogP contribution in [0.3, 0.4) is 0 Å². The Morgan fingerprint density at radius 3 is 2.26 bits per heavy atom. The van der Waals surface area contributed by atoms with Crippen LogP contribution in [0.2, 0.25) is 0 Å². The Labute approximate surface area is 225 Å². The number of amides is 1. The monoisotopic (exact) mass is 539 g/mol. The number of carbonyl (C=O) groups excluding carboxylic acids is 1. The first kappa shape index (κ1) is 29.2. The molecule has 1 amide bonds. The Balaban J connectivity index is 1.91. The number of nitrogens with zero attached hydrogens (tertiary/aromatic N) is 1. The van der Waals surface area contributed by atoms with Gasteiger partial charge in [-0.2, -0.15) is 4.31 Å². The Kier molecular flexibility index (Phi) is 9.90. The van der Waals surface area contributed by atoms with Crippen molar-refractivity contribution in [2.75, 3.05) is 25.9 Å². The van der Waals surface area contributed by atoms with Gasteiger partial charge in [0, 0.05) is 24.3 Å². The number of anilines is 1. The Morgan fingerprint density at radius 1 is 1.00 bits per heavy atom. The summed E-state index contributed by atoms with van der Waals surface area (Å²) in [5.41, 5.74) is 8.43. The number of carbonyl (C=O) groups is 1. The van der Waals surface area contributed by atoms with Crippen LogP contribution in [0.5, 0.6) is 5.75 Å². The van der Waals surface area contributed by atoms with Gasteiger partial charge >= 0.3 is 0 Å². The van der Waals surface area contributed by atoms with Crippen molar-refractivity contribution in [1.29, 1.82) is 0 Å². The van der Waals surface area contributed by atoms with Gasteiger partial charge in [0.1, 0.15) is 5.75 Å². The molecule has 9 heteroatoms. The molecule has 2 unspecified atom stereocenters. The van der Waals surface area contributed by atoms with E-state index in [1.165, 1.54) is 23.5 Å². The molecule has 0 saturated carbocycles. The number of nitrogens with two attached hydrogens (primary N) is 1. The summed E-state index contributed by atoms with van der Waals surface area (Å²) in [7, 11) is -2.42. The fourth-order valence-electron chi connectivity index (χ4n) is 4.21. The lowest BCUT2D eigenvalue weighted by atomic mass is 9.99. The first-order chi connectivity index (χ1) is 18.0. The molecule has 0 aliphatic carbocycles. The maximum Gasteiger partial charge on any atom is 0.251 e. The summed E-state index contributed by atoms with van der Waals surface area (Å²) in [5, 5.41) is 14.3. The van der Waals surface area contributed by atoms with Gasteiger partial charge in [0.2, 0.25) is 10.0 Å². The molecule has 0 spiro atoms. The van der Waals surface area contributed by atoms with Crippen molar-refractivity contribution in [2.45, 2.75) is 44.2 Å². The number of aliphatic hydroxyl groups is 1. The molecule has 0 saturated heterocycles. The zero-order chi connectivity index (χ0) is 27.9. The van der Waals surface area contributed by atoms with Crippen molar-refractivity contribution >= 4 is 21.6 Å². The van der Waals surface area contributed by atoms with E-state index < -0.39 is 22.2 Å². The Hall–Kier alpha value is -3.40. The molecule has 0 radical (unpaired) electrons. The van der Waals surface area contributed by atoms with E-state index in [4.69, 9.17) is 10.5 Å². The van der Waals surface area contributed by atoms with Crippen molar-refractivity contribution in [3.05, 3.63) is 89.5 Å². The number of benzene rings is 3. The van der Waals surface area contributed by atoms with Crippen LogP contribution < -0.4 is 15.8 Å². The summed E-state index contributed by atoms with van der Waals surface area (Å²) in [4.78, 5) is 13.3. The van der Waals surface area contributed by atoms with Crippen LogP contribution in [-0.2, 0) is 16.4 Å². The molecule has 38 heavy (non-hydrogen) atoms. The Morgan fingerprint density at radius 2 is 1.66 bits per heavy atom. The minimum absolute atomic E-state index is 0.00679. The van der Waals surface area contributed by atoms with Crippen molar-refractivity contribution < 1.29 is 23.1 Å². The van der Waals surface area contributed by atoms with Gasteiger partial charge in [-0.15, -0.1) is 0 Å². The number of sulfonamides is 1. The van der Waals surface area contributed by atoms with E-state index in [0.717, 1.165) is 5.56 Å². The molecule has 204 valence electrons. The first-order valence-corrected chi connectivity index (χ1v) is 14.0. The third-order valence-electron chi connectivity index (χ3n) is 6.36. The van der Waals surface area contributed by atoms with Crippen molar-refractivity contribution in [2.24, 2.45) is 5.92 Å². The quantitative estimate of drug-likeness (QED) is 0.302. The molecular weight excluding hydrogens is 502 g/mol.